The van der Waals surface area contributed by atoms with Crippen LogP contribution in [0.4, 0.5) is 0 Å². The van der Waals surface area contributed by atoms with Crippen molar-refractivity contribution in [3.8, 4) is 5.75 Å². The predicted octanol–water partition coefficient (Wildman–Crippen LogP) is 6.07. The lowest BCUT2D eigenvalue weighted by molar-refractivity contribution is -0.143. The molecule has 0 saturated heterocycles. The van der Waals surface area contributed by atoms with Gasteiger partial charge in [0.15, 0.2) is 6.61 Å². The number of carbonyl (C=O) groups excluding carboxylic acids is 2. The third kappa shape index (κ3) is 7.25. The van der Waals surface area contributed by atoms with Gasteiger partial charge in [0.1, 0.15) is 11.8 Å². The number of ether oxygens (including phenoxy) is 1. The smallest absolute Gasteiger partial charge is 0.261 e. The molecule has 0 aliphatic heterocycles. The van der Waals surface area contributed by atoms with E-state index in [2.05, 4.69) is 5.32 Å². The van der Waals surface area contributed by atoms with Crippen LogP contribution in [0.1, 0.15) is 36.8 Å². The van der Waals surface area contributed by atoms with Crippen LogP contribution in [0.3, 0.4) is 0 Å². The minimum atomic E-state index is -0.690. The van der Waals surface area contributed by atoms with Crippen LogP contribution in [0.5, 0.6) is 5.75 Å². The molecule has 1 fully saturated rings. The Balaban J connectivity index is 1.60. The second kappa shape index (κ2) is 12.8. The number of benzene rings is 3. The topological polar surface area (TPSA) is 58.6 Å². The van der Waals surface area contributed by atoms with Crippen molar-refractivity contribution in [3.63, 3.8) is 0 Å². The zero-order valence-electron chi connectivity index (χ0n) is 20.0. The van der Waals surface area contributed by atoms with Crippen LogP contribution >= 0.6 is 23.2 Å². The summed E-state index contributed by atoms with van der Waals surface area (Å²) in [7, 11) is 0. The number of hydrogen-bond acceptors (Lipinski definition) is 3. The van der Waals surface area contributed by atoms with E-state index in [1.165, 1.54) is 0 Å². The summed E-state index contributed by atoms with van der Waals surface area (Å²) in [6, 6.07) is 23.8. The van der Waals surface area contributed by atoms with Crippen LogP contribution in [-0.4, -0.2) is 35.4 Å². The van der Waals surface area contributed by atoms with Gasteiger partial charge in [0.2, 0.25) is 5.91 Å². The van der Waals surface area contributed by atoms with Crippen molar-refractivity contribution in [3.05, 3.63) is 100 Å². The molecule has 4 rings (SSSR count). The van der Waals surface area contributed by atoms with Crippen LogP contribution in [0.15, 0.2) is 78.9 Å². The van der Waals surface area contributed by atoms with Gasteiger partial charge in [-0.05, 0) is 42.2 Å². The maximum absolute atomic E-state index is 13.6. The predicted molar refractivity (Wildman–Crippen MR) is 143 cm³/mol. The molecule has 0 aromatic heterocycles. The summed E-state index contributed by atoms with van der Waals surface area (Å²) in [6.45, 7) is 0.0309. The van der Waals surface area contributed by atoms with Gasteiger partial charge in [0, 0.05) is 24.0 Å². The molecule has 0 radical (unpaired) electrons. The SMILES string of the molecule is O=C(NC1CCCC1)[C@H](Cc1ccccc1)N(Cc1ccccc1)C(=O)COc1ccc(Cl)cc1Cl. The zero-order valence-corrected chi connectivity index (χ0v) is 21.5. The van der Waals surface area contributed by atoms with E-state index in [0.717, 1.165) is 36.8 Å². The Kier molecular flexibility index (Phi) is 9.26. The highest BCUT2D eigenvalue weighted by Crippen LogP contribution is 2.28. The first-order valence-corrected chi connectivity index (χ1v) is 13.0. The maximum atomic E-state index is 13.6. The van der Waals surface area contributed by atoms with Gasteiger partial charge >= 0.3 is 0 Å². The molecular formula is C29H30Cl2N2O3. The average Bonchev–Trinajstić information content (AvgIpc) is 3.39. The Morgan fingerprint density at radius 2 is 1.56 bits per heavy atom. The number of nitrogens with zero attached hydrogens (tertiary/aromatic N) is 1. The maximum Gasteiger partial charge on any atom is 0.261 e. The fourth-order valence-corrected chi connectivity index (χ4v) is 4.98. The molecule has 3 aromatic rings. The van der Waals surface area contributed by atoms with E-state index in [9.17, 15) is 9.59 Å². The number of rotatable bonds is 10. The van der Waals surface area contributed by atoms with Crippen LogP contribution in [0.25, 0.3) is 0 Å². The molecule has 1 saturated carbocycles. The van der Waals surface area contributed by atoms with E-state index in [-0.39, 0.29) is 31.0 Å². The van der Waals surface area contributed by atoms with Crippen molar-refractivity contribution in [2.75, 3.05) is 6.61 Å². The molecule has 1 N–H and O–H groups in total. The largest absolute Gasteiger partial charge is 0.482 e. The highest BCUT2D eigenvalue weighted by molar-refractivity contribution is 6.35. The summed E-state index contributed by atoms with van der Waals surface area (Å²) in [5.74, 6) is -0.0731. The summed E-state index contributed by atoms with van der Waals surface area (Å²) in [4.78, 5) is 28.9. The van der Waals surface area contributed by atoms with Crippen LogP contribution < -0.4 is 10.1 Å². The van der Waals surface area contributed by atoms with E-state index in [4.69, 9.17) is 27.9 Å². The summed E-state index contributed by atoms with van der Waals surface area (Å²) in [5, 5.41) is 4.01. The average molecular weight is 525 g/mol. The number of carbonyl (C=O) groups is 2. The lowest BCUT2D eigenvalue weighted by Gasteiger charge is -2.32. The van der Waals surface area contributed by atoms with Crippen LogP contribution in [0.2, 0.25) is 10.0 Å². The summed E-state index contributed by atoms with van der Waals surface area (Å²) in [6.07, 6.45) is 4.55. The highest BCUT2D eigenvalue weighted by Gasteiger charge is 2.32. The van der Waals surface area contributed by atoms with E-state index in [1.807, 2.05) is 60.7 Å². The molecule has 1 aliphatic carbocycles. The lowest BCUT2D eigenvalue weighted by Crippen LogP contribution is -2.53. The fraction of sp³-hybridized carbons (Fsp3) is 0.310. The molecule has 2 amide bonds. The molecule has 0 bridgehead atoms. The van der Waals surface area contributed by atoms with Crippen molar-refractivity contribution in [2.24, 2.45) is 0 Å². The van der Waals surface area contributed by atoms with Gasteiger partial charge in [0.25, 0.3) is 5.91 Å². The van der Waals surface area contributed by atoms with E-state index < -0.39 is 6.04 Å². The van der Waals surface area contributed by atoms with Gasteiger partial charge < -0.3 is 15.0 Å². The van der Waals surface area contributed by atoms with Crippen LogP contribution in [-0.2, 0) is 22.6 Å². The molecule has 0 heterocycles. The molecule has 3 aromatic carbocycles. The van der Waals surface area contributed by atoms with Crippen LogP contribution in [0, 0.1) is 0 Å². The first kappa shape index (κ1) is 26.1. The number of amides is 2. The molecule has 0 spiro atoms. The Morgan fingerprint density at radius 1 is 0.917 bits per heavy atom. The second-order valence-electron chi connectivity index (χ2n) is 9.07. The first-order chi connectivity index (χ1) is 17.5. The normalized spacial score (nSPS) is 14.3. The van der Waals surface area contributed by atoms with Gasteiger partial charge in [-0.25, -0.2) is 0 Å². The van der Waals surface area contributed by atoms with Crippen molar-refractivity contribution in [1.82, 2.24) is 10.2 Å². The van der Waals surface area contributed by atoms with Gasteiger partial charge in [-0.1, -0.05) is 96.7 Å². The van der Waals surface area contributed by atoms with Gasteiger partial charge in [-0.15, -0.1) is 0 Å². The van der Waals surface area contributed by atoms with Gasteiger partial charge in [-0.2, -0.15) is 0 Å². The minimum Gasteiger partial charge on any atom is -0.482 e. The van der Waals surface area contributed by atoms with E-state index in [0.29, 0.717) is 22.2 Å². The summed E-state index contributed by atoms with van der Waals surface area (Å²) in [5.41, 5.74) is 1.92. The lowest BCUT2D eigenvalue weighted by atomic mass is 10.0. The second-order valence-corrected chi connectivity index (χ2v) is 9.91. The third-order valence-electron chi connectivity index (χ3n) is 6.41. The van der Waals surface area contributed by atoms with Gasteiger partial charge in [-0.3, -0.25) is 9.59 Å². The summed E-state index contributed by atoms with van der Waals surface area (Å²) < 4.78 is 5.77. The molecule has 0 unspecified atom stereocenters. The molecule has 1 aliphatic rings. The Labute approximate surface area is 222 Å². The molecule has 188 valence electrons. The minimum absolute atomic E-state index is 0.139. The third-order valence-corrected chi connectivity index (χ3v) is 6.94. The Bertz CT molecular complexity index is 1150. The zero-order chi connectivity index (χ0) is 25.3. The molecule has 36 heavy (non-hydrogen) atoms. The van der Waals surface area contributed by atoms with Crippen molar-refractivity contribution >= 4 is 35.0 Å². The molecule has 5 nitrogen and oxygen atoms in total. The van der Waals surface area contributed by atoms with Crippen molar-refractivity contribution in [2.45, 2.75) is 50.7 Å². The number of nitrogens with one attached hydrogen (secondary N) is 1. The number of hydrogen-bond donors (Lipinski definition) is 1. The quantitative estimate of drug-likeness (QED) is 0.350. The fourth-order valence-electron chi connectivity index (χ4n) is 4.52. The van der Waals surface area contributed by atoms with Crippen molar-refractivity contribution in [1.29, 1.82) is 0 Å². The highest BCUT2D eigenvalue weighted by atomic mass is 35.5. The standard InChI is InChI=1S/C29H30Cl2N2O3/c30-23-15-16-27(25(31)18-23)36-20-28(34)33(19-22-11-5-2-6-12-22)26(17-21-9-3-1-4-10-21)29(35)32-24-13-7-8-14-24/h1-6,9-12,15-16,18,24,26H,7-8,13-14,17,19-20H2,(H,32,35)/t26-/m0/s1. The molecule has 7 heteroatoms. The monoisotopic (exact) mass is 524 g/mol. The van der Waals surface area contributed by atoms with E-state index >= 15 is 0 Å². The number of halogens is 2. The Hall–Kier alpha value is -3.02. The molecular weight excluding hydrogens is 495 g/mol. The van der Waals surface area contributed by atoms with Gasteiger partial charge in [0.05, 0.1) is 5.02 Å². The Morgan fingerprint density at radius 3 is 2.19 bits per heavy atom. The summed E-state index contributed by atoms with van der Waals surface area (Å²) >= 11 is 12.2. The first-order valence-electron chi connectivity index (χ1n) is 12.2. The van der Waals surface area contributed by atoms with E-state index in [1.54, 1.807) is 23.1 Å². The molecule has 1 atom stereocenters. The van der Waals surface area contributed by atoms with Crippen molar-refractivity contribution < 1.29 is 14.3 Å².